The molecule has 0 aliphatic heterocycles. The van der Waals surface area contributed by atoms with Crippen LogP contribution in [0.1, 0.15) is 6.42 Å². The normalized spacial score (nSPS) is 10.9. The summed E-state index contributed by atoms with van der Waals surface area (Å²) in [6.45, 7) is 0.892. The van der Waals surface area contributed by atoms with E-state index in [2.05, 4.69) is 10.6 Å². The average Bonchev–Trinajstić information content (AvgIpc) is 2.33. The van der Waals surface area contributed by atoms with Crippen LogP contribution in [-0.4, -0.2) is 36.7 Å². The molecule has 17 heavy (non-hydrogen) atoms. The van der Waals surface area contributed by atoms with Crippen molar-refractivity contribution in [1.29, 1.82) is 0 Å². The summed E-state index contributed by atoms with van der Waals surface area (Å²) < 4.78 is 0. The fraction of sp³-hybridized carbons (Fsp3) is 0.455. The Morgan fingerprint density at radius 1 is 0.882 bits per heavy atom. The van der Waals surface area contributed by atoms with E-state index in [1.165, 1.54) is 12.2 Å². The minimum absolute atomic E-state index is 0.189. The Kier molecular flexibility index (Phi) is 10.8. The van der Waals surface area contributed by atoms with Crippen LogP contribution in [-0.2, 0) is 9.59 Å². The molecular formula is C11H16Cl2N2O2. The first kappa shape index (κ1) is 16.0. The Morgan fingerprint density at radius 2 is 1.29 bits per heavy atom. The van der Waals surface area contributed by atoms with Crippen molar-refractivity contribution in [3.05, 3.63) is 24.3 Å². The number of carbonyl (C=O) groups is 2. The molecule has 0 atom stereocenters. The monoisotopic (exact) mass is 278 g/mol. The lowest BCUT2D eigenvalue weighted by Gasteiger charge is -1.96. The molecule has 2 amide bonds. The van der Waals surface area contributed by atoms with Gasteiger partial charge in [0.2, 0.25) is 11.8 Å². The molecule has 0 saturated heterocycles. The lowest BCUT2D eigenvalue weighted by molar-refractivity contribution is -0.117. The van der Waals surface area contributed by atoms with E-state index in [4.69, 9.17) is 23.2 Å². The van der Waals surface area contributed by atoms with Gasteiger partial charge in [-0.25, -0.2) is 0 Å². The Labute approximate surface area is 111 Å². The third-order valence-electron chi connectivity index (χ3n) is 1.60. The number of rotatable bonds is 8. The van der Waals surface area contributed by atoms with Gasteiger partial charge in [0.25, 0.3) is 0 Å². The molecule has 0 fully saturated rings. The maximum atomic E-state index is 11.1. The van der Waals surface area contributed by atoms with Gasteiger partial charge in [0.15, 0.2) is 0 Å². The second kappa shape index (κ2) is 11.5. The van der Waals surface area contributed by atoms with Gasteiger partial charge in [-0.05, 0) is 18.6 Å². The lowest BCUT2D eigenvalue weighted by Crippen LogP contribution is -2.23. The summed E-state index contributed by atoms with van der Waals surface area (Å²) in [7, 11) is 0. The van der Waals surface area contributed by atoms with Gasteiger partial charge in [-0.2, -0.15) is 0 Å². The quantitative estimate of drug-likeness (QED) is 0.518. The first-order chi connectivity index (χ1) is 8.20. The molecule has 0 saturated carbocycles. The van der Waals surface area contributed by atoms with E-state index in [1.54, 1.807) is 12.2 Å². The van der Waals surface area contributed by atoms with Gasteiger partial charge in [-0.1, -0.05) is 12.2 Å². The van der Waals surface area contributed by atoms with Crippen molar-refractivity contribution in [3.63, 3.8) is 0 Å². The van der Waals surface area contributed by atoms with Crippen molar-refractivity contribution < 1.29 is 9.59 Å². The molecule has 96 valence electrons. The second-order valence-corrected chi connectivity index (χ2v) is 3.76. The van der Waals surface area contributed by atoms with Gasteiger partial charge in [0.05, 0.1) is 0 Å². The molecule has 0 radical (unpaired) electrons. The topological polar surface area (TPSA) is 58.2 Å². The molecule has 0 aromatic heterocycles. The summed E-state index contributed by atoms with van der Waals surface area (Å²) in [6.07, 6.45) is 6.66. The van der Waals surface area contributed by atoms with Crippen molar-refractivity contribution >= 4 is 35.0 Å². The Bertz CT molecular complexity index is 263. The minimum Gasteiger partial charge on any atom is -0.351 e. The van der Waals surface area contributed by atoms with E-state index in [1.807, 2.05) is 0 Å². The van der Waals surface area contributed by atoms with Crippen LogP contribution in [0.5, 0.6) is 0 Å². The number of halogens is 2. The highest BCUT2D eigenvalue weighted by atomic mass is 35.5. The number of amides is 2. The maximum absolute atomic E-state index is 11.1. The van der Waals surface area contributed by atoms with E-state index >= 15 is 0 Å². The Morgan fingerprint density at radius 3 is 1.65 bits per heavy atom. The highest BCUT2D eigenvalue weighted by Gasteiger charge is 1.92. The van der Waals surface area contributed by atoms with Gasteiger partial charge >= 0.3 is 0 Å². The van der Waals surface area contributed by atoms with E-state index in [0.717, 1.165) is 0 Å². The minimum atomic E-state index is -0.189. The summed E-state index contributed by atoms with van der Waals surface area (Å²) in [4.78, 5) is 22.1. The summed E-state index contributed by atoms with van der Waals surface area (Å²) in [5.41, 5.74) is 0. The third-order valence-corrected chi connectivity index (χ3v) is 1.98. The molecule has 0 aromatic carbocycles. The maximum Gasteiger partial charge on any atom is 0.243 e. The smallest absolute Gasteiger partial charge is 0.243 e. The number of hydrogen-bond acceptors (Lipinski definition) is 2. The van der Waals surface area contributed by atoms with Gasteiger partial charge in [0, 0.05) is 24.8 Å². The summed E-state index contributed by atoms with van der Waals surface area (Å²) in [6, 6.07) is 0. The molecule has 6 heteroatoms. The molecule has 2 N–H and O–H groups in total. The predicted octanol–water partition coefficient (Wildman–Crippen LogP) is 1.20. The first-order valence-electron chi connectivity index (χ1n) is 5.21. The highest BCUT2D eigenvalue weighted by molar-refractivity contribution is 6.18. The zero-order valence-electron chi connectivity index (χ0n) is 9.42. The third kappa shape index (κ3) is 11.3. The van der Waals surface area contributed by atoms with Gasteiger partial charge in [-0.3, -0.25) is 9.59 Å². The van der Waals surface area contributed by atoms with Crippen molar-refractivity contribution in [2.45, 2.75) is 6.42 Å². The van der Waals surface area contributed by atoms with Gasteiger partial charge in [0.1, 0.15) is 0 Å². The molecule has 0 unspecified atom stereocenters. The van der Waals surface area contributed by atoms with Gasteiger partial charge < -0.3 is 10.6 Å². The standard InChI is InChI=1S/C11H16Cl2N2O2/c12-6-8-14-10(16)4-2-1-3-5-11(17)15-9-7-13/h2-5H,1,6-9H2,(H,14,16)(H,15,17). The number of hydrogen-bond donors (Lipinski definition) is 2. The highest BCUT2D eigenvalue weighted by Crippen LogP contribution is 1.86. The van der Waals surface area contributed by atoms with E-state index in [9.17, 15) is 9.59 Å². The molecule has 0 heterocycles. The summed E-state index contributed by atoms with van der Waals surface area (Å²) in [5.74, 6) is 0.400. The van der Waals surface area contributed by atoms with E-state index in [0.29, 0.717) is 31.3 Å². The van der Waals surface area contributed by atoms with Crippen LogP contribution >= 0.6 is 23.2 Å². The van der Waals surface area contributed by atoms with Crippen molar-refractivity contribution in [1.82, 2.24) is 10.6 Å². The Hall–Kier alpha value is -1.00. The Balaban J connectivity index is 3.67. The van der Waals surface area contributed by atoms with Crippen LogP contribution in [0.15, 0.2) is 24.3 Å². The second-order valence-electron chi connectivity index (χ2n) is 3.00. The molecule has 0 aromatic rings. The lowest BCUT2D eigenvalue weighted by atomic mass is 10.3. The molecule has 0 aliphatic carbocycles. The number of carbonyl (C=O) groups excluding carboxylic acids is 2. The number of alkyl halides is 2. The largest absolute Gasteiger partial charge is 0.351 e. The molecule has 0 aliphatic rings. The van der Waals surface area contributed by atoms with Crippen LogP contribution in [0.25, 0.3) is 0 Å². The zero-order chi connectivity index (χ0) is 12.9. The number of allylic oxidation sites excluding steroid dienone is 2. The SMILES string of the molecule is O=C(C=CCC=CC(=O)NCCCl)NCCCl. The summed E-state index contributed by atoms with van der Waals surface area (Å²) >= 11 is 10.8. The van der Waals surface area contributed by atoms with Crippen molar-refractivity contribution in [3.8, 4) is 0 Å². The van der Waals surface area contributed by atoms with Crippen LogP contribution in [0, 0.1) is 0 Å². The fourth-order valence-corrected chi connectivity index (χ4v) is 1.08. The average molecular weight is 279 g/mol. The van der Waals surface area contributed by atoms with Crippen LogP contribution in [0.2, 0.25) is 0 Å². The van der Waals surface area contributed by atoms with Crippen LogP contribution < -0.4 is 10.6 Å². The molecule has 0 rings (SSSR count). The number of nitrogens with one attached hydrogen (secondary N) is 2. The van der Waals surface area contributed by atoms with Crippen LogP contribution in [0.4, 0.5) is 0 Å². The zero-order valence-corrected chi connectivity index (χ0v) is 10.9. The molecular weight excluding hydrogens is 263 g/mol. The first-order valence-corrected chi connectivity index (χ1v) is 6.28. The fourth-order valence-electron chi connectivity index (χ4n) is 0.887. The predicted molar refractivity (Wildman–Crippen MR) is 70.4 cm³/mol. The van der Waals surface area contributed by atoms with Crippen molar-refractivity contribution in [2.75, 3.05) is 24.8 Å². The van der Waals surface area contributed by atoms with E-state index < -0.39 is 0 Å². The summed E-state index contributed by atoms with van der Waals surface area (Å²) in [5, 5.41) is 5.17. The van der Waals surface area contributed by atoms with Crippen molar-refractivity contribution in [2.24, 2.45) is 0 Å². The van der Waals surface area contributed by atoms with Crippen LogP contribution in [0.3, 0.4) is 0 Å². The molecule has 0 bridgehead atoms. The van der Waals surface area contributed by atoms with Gasteiger partial charge in [-0.15, -0.1) is 23.2 Å². The molecule has 4 nitrogen and oxygen atoms in total. The van der Waals surface area contributed by atoms with E-state index in [-0.39, 0.29) is 11.8 Å². The molecule has 0 spiro atoms.